The zero-order chi connectivity index (χ0) is 29.4. The maximum Gasteiger partial charge on any atom is 0.266 e. The predicted octanol–water partition coefficient (Wildman–Crippen LogP) is 3.40. The summed E-state index contributed by atoms with van der Waals surface area (Å²) in [4.78, 5) is 12.3. The average Bonchev–Trinajstić information content (AvgIpc) is 3.15. The van der Waals surface area contributed by atoms with Gasteiger partial charge in [0, 0.05) is 18.4 Å². The van der Waals surface area contributed by atoms with Crippen molar-refractivity contribution in [1.82, 2.24) is 5.32 Å². The third-order valence-electron chi connectivity index (χ3n) is 10.2. The summed E-state index contributed by atoms with van der Waals surface area (Å²) in [7, 11) is -4.14. The number of hydrogen-bond acceptors (Lipinski definition) is 5. The number of hydrogen-bond donors (Lipinski definition) is 4. The first-order chi connectivity index (χ1) is 17.7. The number of fused-ring (bicyclic) bond motifs is 5. The second-order valence-electron chi connectivity index (χ2n) is 11.8. The lowest BCUT2D eigenvalue weighted by molar-refractivity contribution is -0.174. The van der Waals surface area contributed by atoms with Gasteiger partial charge in [0.15, 0.2) is 0 Å². The van der Waals surface area contributed by atoms with E-state index in [1.807, 2.05) is 6.92 Å². The second-order valence-corrected chi connectivity index (χ2v) is 13.4. The van der Waals surface area contributed by atoms with Gasteiger partial charge in [-0.05, 0) is 104 Å². The number of aliphatic hydroxyl groups is 2. The maximum absolute atomic E-state index is 12.3. The lowest BCUT2D eigenvalue weighted by Crippen LogP contribution is -2.58. The number of nitrogens with one attached hydrogen (secondary N) is 1. The van der Waals surface area contributed by atoms with E-state index in [0.717, 1.165) is 12.8 Å². The molecule has 4 N–H and O–H groups in total. The molecular weight excluding hydrogens is 454 g/mol. The number of carbonyl (C=O) groups excluding carboxylic acids is 1. The molecule has 0 spiro atoms. The molecule has 4 saturated carbocycles. The lowest BCUT2D eigenvalue weighted by Gasteiger charge is -2.62. The van der Waals surface area contributed by atoms with Gasteiger partial charge >= 0.3 is 0 Å². The van der Waals surface area contributed by atoms with Crippen LogP contribution >= 0.6 is 0 Å². The third kappa shape index (κ3) is 4.81. The number of amides is 1. The molecule has 196 valence electrons. The molecule has 0 unspecified atom stereocenters. The van der Waals surface area contributed by atoms with Crippen LogP contribution in [0, 0.1) is 46.3 Å². The van der Waals surface area contributed by atoms with Crippen LogP contribution in [0.3, 0.4) is 0 Å². The van der Waals surface area contributed by atoms with Gasteiger partial charge < -0.3 is 15.5 Å². The summed E-state index contributed by atoms with van der Waals surface area (Å²) in [6.07, 6.45) is -4.30. The van der Waals surface area contributed by atoms with Crippen LogP contribution < -0.4 is 5.32 Å². The Morgan fingerprint density at radius 1 is 1.21 bits per heavy atom. The van der Waals surface area contributed by atoms with Crippen molar-refractivity contribution in [3.05, 3.63) is 0 Å². The first-order valence-corrected chi connectivity index (χ1v) is 14.4. The molecule has 4 aliphatic rings. The average molecular weight is 505 g/mol. The fraction of sp³-hybridized carbons (Fsp3) is 0.962. The molecule has 4 aliphatic carbocycles. The summed E-state index contributed by atoms with van der Waals surface area (Å²) < 4.78 is 73.1. The normalized spacial score (nSPS) is 52.4. The molecule has 34 heavy (non-hydrogen) atoms. The van der Waals surface area contributed by atoms with Crippen LogP contribution in [0.5, 0.6) is 0 Å². The fourth-order valence-electron chi connectivity index (χ4n) is 8.33. The van der Waals surface area contributed by atoms with Crippen molar-refractivity contribution in [2.75, 3.05) is 12.3 Å². The van der Waals surface area contributed by atoms with E-state index < -0.39 is 57.5 Å². The van der Waals surface area contributed by atoms with Crippen molar-refractivity contribution in [2.24, 2.45) is 46.3 Å². The largest absolute Gasteiger partial charge is 0.393 e. The van der Waals surface area contributed by atoms with E-state index in [0.29, 0.717) is 25.7 Å². The van der Waals surface area contributed by atoms with Gasteiger partial charge in [-0.25, -0.2) is 0 Å². The first kappa shape index (κ1) is 20.4. The van der Waals surface area contributed by atoms with Crippen LogP contribution in [0.1, 0.15) is 91.7 Å². The Balaban J connectivity index is 1.49. The molecule has 8 heteroatoms. The van der Waals surface area contributed by atoms with Crippen LogP contribution in [0.25, 0.3) is 0 Å². The molecule has 7 nitrogen and oxygen atoms in total. The van der Waals surface area contributed by atoms with Gasteiger partial charge in [-0.15, -0.1) is 0 Å². The highest BCUT2D eigenvalue weighted by Crippen LogP contribution is 2.68. The lowest BCUT2D eigenvalue weighted by atomic mass is 9.43. The van der Waals surface area contributed by atoms with Crippen molar-refractivity contribution < 1.29 is 34.8 Å². The summed E-state index contributed by atoms with van der Waals surface area (Å²) in [5.74, 6) is -0.958. The first-order valence-electron chi connectivity index (χ1n) is 15.3. The summed E-state index contributed by atoms with van der Waals surface area (Å²) in [6, 6.07) is 0. The van der Waals surface area contributed by atoms with E-state index >= 15 is 0 Å². The van der Waals surface area contributed by atoms with Crippen molar-refractivity contribution >= 4 is 16.0 Å². The van der Waals surface area contributed by atoms with E-state index in [9.17, 15) is 23.4 Å². The van der Waals surface area contributed by atoms with Gasteiger partial charge in [-0.1, -0.05) is 20.8 Å². The topological polar surface area (TPSA) is 124 Å². The van der Waals surface area contributed by atoms with Crippen LogP contribution in [0.2, 0.25) is 0 Å². The maximum atomic E-state index is 12.3. The van der Waals surface area contributed by atoms with Gasteiger partial charge in [0.1, 0.15) is 0 Å². The molecule has 0 radical (unpaired) electrons. The van der Waals surface area contributed by atoms with E-state index in [4.69, 9.17) is 11.4 Å². The van der Waals surface area contributed by atoms with Crippen molar-refractivity contribution in [3.8, 4) is 0 Å². The molecule has 0 aliphatic heterocycles. The molecule has 4 fully saturated rings. The predicted molar refractivity (Wildman–Crippen MR) is 130 cm³/mol. The minimum Gasteiger partial charge on any atom is -0.393 e. The zero-order valence-corrected chi connectivity index (χ0v) is 21.4. The molecule has 4 rings (SSSR count). The summed E-state index contributed by atoms with van der Waals surface area (Å²) in [6.45, 7) is 5.98. The van der Waals surface area contributed by atoms with Crippen LogP contribution in [-0.4, -0.2) is 53.6 Å². The highest BCUT2D eigenvalue weighted by atomic mass is 32.2. The Hall–Kier alpha value is -0.700. The molecular formula is C26H45NO6S. The molecule has 0 saturated heterocycles. The Bertz CT molecular complexity index is 1070. The summed E-state index contributed by atoms with van der Waals surface area (Å²) in [5, 5.41) is 24.9. The quantitative estimate of drug-likeness (QED) is 0.394. The van der Waals surface area contributed by atoms with E-state index in [1.54, 1.807) is 0 Å². The van der Waals surface area contributed by atoms with Crippen molar-refractivity contribution in [2.45, 2.75) is 97.1 Å². The number of rotatable bonds is 7. The van der Waals surface area contributed by atoms with Gasteiger partial charge in [0.05, 0.1) is 19.3 Å². The summed E-state index contributed by atoms with van der Waals surface area (Å²) in [5.41, 5.74) is -1.19. The molecule has 1 amide bonds. The van der Waals surface area contributed by atoms with Crippen LogP contribution in [-0.2, 0) is 14.9 Å². The smallest absolute Gasteiger partial charge is 0.266 e. The SMILES string of the molecule is [2H]C1([2H])C[C@@]2(C)[C@H](CC[C@@H]3[C@@H]2C[C@H](O)[C@]2(C)[C@@H]([C@H](C)CCC(=O)NCCS(=O)(=O)O)CC[C@@H]32)C([2H])([2H])[C@]1([2H])O. The van der Waals surface area contributed by atoms with Gasteiger partial charge in [0.25, 0.3) is 10.1 Å². The molecule has 0 aromatic carbocycles. The third-order valence-corrected chi connectivity index (χ3v) is 10.9. The highest BCUT2D eigenvalue weighted by molar-refractivity contribution is 7.85. The monoisotopic (exact) mass is 504 g/mol. The minimum absolute atomic E-state index is 0.117. The summed E-state index contributed by atoms with van der Waals surface area (Å²) >= 11 is 0. The van der Waals surface area contributed by atoms with Gasteiger partial charge in [-0.3, -0.25) is 9.35 Å². The van der Waals surface area contributed by atoms with Crippen LogP contribution in [0.15, 0.2) is 0 Å². The Labute approximate surface area is 212 Å². The molecule has 0 heterocycles. The Morgan fingerprint density at radius 3 is 2.65 bits per heavy atom. The number of aliphatic hydroxyl groups excluding tert-OH is 1. The highest BCUT2D eigenvalue weighted by Gasteiger charge is 2.63. The van der Waals surface area contributed by atoms with Crippen molar-refractivity contribution in [1.29, 1.82) is 0 Å². The standard InChI is InChI=1S/C26H45NO6S/c1-16(4-9-24(30)27-12-13-34(31,32)33)20-7-8-21-19-6-5-17-14-18(28)10-11-25(17,2)22(19)15-23(29)26(20,21)3/h16-23,28-29H,4-15H2,1-3H3,(H,27,30)(H,31,32,33)/t16-,17-,18-,19+,20-,21+,22+,23+,25+,26-/m1/s1/i10D2,14D2,18D. The van der Waals surface area contributed by atoms with Gasteiger partial charge in [0.2, 0.25) is 5.91 Å². The fourth-order valence-corrected chi connectivity index (χ4v) is 8.69. The molecule has 0 aromatic heterocycles. The molecule has 0 bridgehead atoms. The molecule has 10 atom stereocenters. The van der Waals surface area contributed by atoms with Crippen molar-refractivity contribution in [3.63, 3.8) is 0 Å². The van der Waals surface area contributed by atoms with E-state index in [-0.39, 0.29) is 54.9 Å². The zero-order valence-electron chi connectivity index (χ0n) is 25.6. The molecule has 0 aromatic rings. The number of carbonyl (C=O) groups is 1. The van der Waals surface area contributed by atoms with E-state index in [1.165, 1.54) is 0 Å². The minimum atomic E-state index is -4.14. The Morgan fingerprint density at radius 2 is 1.94 bits per heavy atom. The Kier molecular flexibility index (Phi) is 5.77. The van der Waals surface area contributed by atoms with E-state index in [2.05, 4.69) is 19.2 Å². The van der Waals surface area contributed by atoms with Gasteiger partial charge in [-0.2, -0.15) is 8.42 Å². The second kappa shape index (κ2) is 9.64. The van der Waals surface area contributed by atoms with Crippen LogP contribution in [0.4, 0.5) is 0 Å².